The third kappa shape index (κ3) is 2.57. The second-order valence-electron chi connectivity index (χ2n) is 6.25. The molecule has 0 heteroatoms. The van der Waals surface area contributed by atoms with Crippen LogP contribution in [0.3, 0.4) is 0 Å². The molecule has 0 amide bonds. The molecule has 0 nitrogen and oxygen atoms in total. The highest BCUT2D eigenvalue weighted by Gasteiger charge is 2.40. The second kappa shape index (κ2) is 4.89. The van der Waals surface area contributed by atoms with Crippen LogP contribution in [0.4, 0.5) is 0 Å². The van der Waals surface area contributed by atoms with Gasteiger partial charge in [0, 0.05) is 0 Å². The molecule has 15 heavy (non-hydrogen) atoms. The molecule has 0 heterocycles. The third-order valence-corrected chi connectivity index (χ3v) is 5.24. The van der Waals surface area contributed by atoms with E-state index in [1.165, 1.54) is 25.7 Å². The molecule has 0 aromatic heterocycles. The lowest BCUT2D eigenvalue weighted by molar-refractivity contribution is 0.144. The lowest BCUT2D eigenvalue weighted by Crippen LogP contribution is -2.25. The molecule has 0 bridgehead atoms. The van der Waals surface area contributed by atoms with Crippen LogP contribution in [0.1, 0.15) is 78.1 Å². The summed E-state index contributed by atoms with van der Waals surface area (Å²) in [6.07, 6.45) is 15.2. The van der Waals surface area contributed by atoms with E-state index in [4.69, 9.17) is 0 Å². The van der Waals surface area contributed by atoms with Gasteiger partial charge in [-0.15, -0.1) is 0 Å². The maximum absolute atomic E-state index is 2.38. The first-order valence-electron chi connectivity index (χ1n) is 7.28. The average Bonchev–Trinajstić information content (AvgIpc) is 2.66. The molecule has 1 atom stereocenters. The van der Waals surface area contributed by atoms with Gasteiger partial charge in [0.05, 0.1) is 0 Å². The van der Waals surface area contributed by atoms with Gasteiger partial charge in [-0.05, 0) is 62.2 Å². The van der Waals surface area contributed by atoms with Crippen molar-refractivity contribution in [2.45, 2.75) is 78.1 Å². The largest absolute Gasteiger partial charge is 0.0654 e. The first kappa shape index (κ1) is 11.5. The molecule has 88 valence electrons. The van der Waals surface area contributed by atoms with Crippen molar-refractivity contribution in [1.82, 2.24) is 0 Å². The zero-order valence-corrected chi connectivity index (χ0v) is 10.7. The molecule has 2 aliphatic rings. The Balaban J connectivity index is 1.82. The Kier molecular flexibility index (Phi) is 3.74. The van der Waals surface area contributed by atoms with Gasteiger partial charge in [0.25, 0.3) is 0 Å². The third-order valence-electron chi connectivity index (χ3n) is 5.24. The molecule has 0 N–H and O–H groups in total. The van der Waals surface area contributed by atoms with E-state index in [1.54, 1.807) is 38.5 Å². The van der Waals surface area contributed by atoms with Gasteiger partial charge < -0.3 is 0 Å². The molecular formula is C15H28. The summed E-state index contributed by atoms with van der Waals surface area (Å²) in [7, 11) is 0. The van der Waals surface area contributed by atoms with Crippen LogP contribution < -0.4 is 0 Å². The van der Waals surface area contributed by atoms with Crippen LogP contribution in [0.5, 0.6) is 0 Å². The quantitative estimate of drug-likeness (QED) is 0.600. The normalized spacial score (nSPS) is 41.2. The Morgan fingerprint density at radius 3 is 2.00 bits per heavy atom. The molecule has 0 aliphatic heterocycles. The molecule has 2 saturated carbocycles. The summed E-state index contributed by atoms with van der Waals surface area (Å²) in [6, 6.07) is 0. The first-order chi connectivity index (χ1) is 7.28. The minimum Gasteiger partial charge on any atom is -0.0654 e. The van der Waals surface area contributed by atoms with Gasteiger partial charge in [0.2, 0.25) is 0 Å². The van der Waals surface area contributed by atoms with Crippen LogP contribution in [-0.2, 0) is 0 Å². The summed E-state index contributed by atoms with van der Waals surface area (Å²) < 4.78 is 0. The molecule has 0 radical (unpaired) electrons. The Hall–Kier alpha value is 0. The van der Waals surface area contributed by atoms with Crippen molar-refractivity contribution in [1.29, 1.82) is 0 Å². The maximum atomic E-state index is 2.38. The molecular weight excluding hydrogens is 180 g/mol. The smallest absolute Gasteiger partial charge is 0.0295 e. The average molecular weight is 208 g/mol. The summed E-state index contributed by atoms with van der Waals surface area (Å²) in [5, 5.41) is 0. The van der Waals surface area contributed by atoms with Crippen molar-refractivity contribution in [3.63, 3.8) is 0 Å². The van der Waals surface area contributed by atoms with Gasteiger partial charge in [0.15, 0.2) is 0 Å². The summed E-state index contributed by atoms with van der Waals surface area (Å²) >= 11 is 0. The highest BCUT2D eigenvalue weighted by Crippen LogP contribution is 2.53. The number of hydrogen-bond donors (Lipinski definition) is 0. The maximum Gasteiger partial charge on any atom is -0.0295 e. The fourth-order valence-corrected chi connectivity index (χ4v) is 4.12. The van der Waals surface area contributed by atoms with Gasteiger partial charge in [-0.1, -0.05) is 33.1 Å². The van der Waals surface area contributed by atoms with Crippen molar-refractivity contribution < 1.29 is 0 Å². The Bertz CT molecular complexity index is 186. The van der Waals surface area contributed by atoms with Crippen molar-refractivity contribution in [3.05, 3.63) is 0 Å². The zero-order chi connectivity index (χ0) is 10.7. The Morgan fingerprint density at radius 2 is 1.53 bits per heavy atom. The predicted molar refractivity (Wildman–Crippen MR) is 66.9 cm³/mol. The number of rotatable bonds is 3. The van der Waals surface area contributed by atoms with Crippen LogP contribution in [0.15, 0.2) is 0 Å². The van der Waals surface area contributed by atoms with Crippen molar-refractivity contribution in [2.75, 3.05) is 0 Å². The summed E-state index contributed by atoms with van der Waals surface area (Å²) in [5.41, 5.74) is 0.824. The fraction of sp³-hybridized carbons (Fsp3) is 1.00. The molecule has 0 aromatic rings. The van der Waals surface area contributed by atoms with E-state index in [-0.39, 0.29) is 0 Å². The molecule has 1 unspecified atom stereocenters. The van der Waals surface area contributed by atoms with Crippen LogP contribution in [0.2, 0.25) is 0 Å². The molecule has 2 rings (SSSR count). The minimum atomic E-state index is 0.824. The lowest BCUT2D eigenvalue weighted by atomic mass is 9.68. The Morgan fingerprint density at radius 1 is 0.933 bits per heavy atom. The van der Waals surface area contributed by atoms with Crippen molar-refractivity contribution in [3.8, 4) is 0 Å². The van der Waals surface area contributed by atoms with E-state index >= 15 is 0 Å². The van der Waals surface area contributed by atoms with Crippen LogP contribution in [0, 0.1) is 17.3 Å². The summed E-state index contributed by atoms with van der Waals surface area (Å²) in [6.45, 7) is 4.72. The van der Waals surface area contributed by atoms with E-state index in [1.807, 2.05) is 0 Å². The van der Waals surface area contributed by atoms with E-state index in [2.05, 4.69) is 13.8 Å². The number of hydrogen-bond acceptors (Lipinski definition) is 0. The van der Waals surface area contributed by atoms with Crippen LogP contribution in [-0.4, -0.2) is 0 Å². The van der Waals surface area contributed by atoms with Crippen LogP contribution in [0.25, 0.3) is 0 Å². The molecule has 2 aliphatic carbocycles. The molecule has 2 fully saturated rings. The summed E-state index contributed by atoms with van der Waals surface area (Å²) in [4.78, 5) is 0. The van der Waals surface area contributed by atoms with Crippen molar-refractivity contribution in [2.24, 2.45) is 17.3 Å². The first-order valence-corrected chi connectivity index (χ1v) is 7.28. The Labute approximate surface area is 95.8 Å². The monoisotopic (exact) mass is 208 g/mol. The van der Waals surface area contributed by atoms with Gasteiger partial charge in [-0.2, -0.15) is 0 Å². The topological polar surface area (TPSA) is 0 Å². The zero-order valence-electron chi connectivity index (χ0n) is 10.7. The fourth-order valence-electron chi connectivity index (χ4n) is 4.12. The SMILES string of the molecule is CCCC1CCC2(CC1)CCC(CC)C2. The minimum absolute atomic E-state index is 0.824. The van der Waals surface area contributed by atoms with Crippen LogP contribution >= 0.6 is 0 Å². The second-order valence-corrected chi connectivity index (χ2v) is 6.25. The molecule has 1 spiro atoms. The van der Waals surface area contributed by atoms with E-state index in [0.717, 1.165) is 17.3 Å². The summed E-state index contributed by atoms with van der Waals surface area (Å²) in [5.74, 6) is 2.16. The van der Waals surface area contributed by atoms with Gasteiger partial charge in [-0.25, -0.2) is 0 Å². The highest BCUT2D eigenvalue weighted by molar-refractivity contribution is 4.92. The van der Waals surface area contributed by atoms with E-state index in [0.29, 0.717) is 0 Å². The van der Waals surface area contributed by atoms with Gasteiger partial charge in [-0.3, -0.25) is 0 Å². The molecule has 0 aromatic carbocycles. The highest BCUT2D eigenvalue weighted by atomic mass is 14.5. The molecule has 0 saturated heterocycles. The van der Waals surface area contributed by atoms with E-state index in [9.17, 15) is 0 Å². The standard InChI is InChI=1S/C15H28/c1-3-5-14-7-10-15(11-8-14)9-6-13(4-2)12-15/h13-14H,3-12H2,1-2H3. The van der Waals surface area contributed by atoms with E-state index < -0.39 is 0 Å². The van der Waals surface area contributed by atoms with Crippen molar-refractivity contribution >= 4 is 0 Å². The predicted octanol–water partition coefficient (Wildman–Crippen LogP) is 5.17. The van der Waals surface area contributed by atoms with Gasteiger partial charge in [0.1, 0.15) is 0 Å². The lowest BCUT2D eigenvalue weighted by Gasteiger charge is -2.37. The van der Waals surface area contributed by atoms with Gasteiger partial charge >= 0.3 is 0 Å².